The molecule has 0 atom stereocenters. The zero-order valence-electron chi connectivity index (χ0n) is 18.0. The molecule has 3 rings (SSSR count). The van der Waals surface area contributed by atoms with E-state index in [2.05, 4.69) is 5.32 Å². The number of hydrogen-bond donors (Lipinski definition) is 1. The Morgan fingerprint density at radius 3 is 2.06 bits per heavy atom. The first kappa shape index (κ1) is 23.2. The summed E-state index contributed by atoms with van der Waals surface area (Å²) in [6.45, 7) is 3.82. The van der Waals surface area contributed by atoms with Crippen molar-refractivity contribution in [2.24, 2.45) is 0 Å². The molecule has 1 amide bonds. The summed E-state index contributed by atoms with van der Waals surface area (Å²) in [5, 5.41) is 2.82. The van der Waals surface area contributed by atoms with Crippen LogP contribution in [-0.4, -0.2) is 32.7 Å². The van der Waals surface area contributed by atoms with Gasteiger partial charge in [-0.25, -0.2) is 13.2 Å². The van der Waals surface area contributed by atoms with Gasteiger partial charge in [-0.1, -0.05) is 47.5 Å². The Kier molecular flexibility index (Phi) is 7.43. The number of carbonyl (C=O) groups excluding carboxylic acids is 2. The van der Waals surface area contributed by atoms with Crippen LogP contribution in [0.2, 0.25) is 0 Å². The second-order valence-electron chi connectivity index (χ2n) is 7.52. The Bertz CT molecular complexity index is 1220. The highest BCUT2D eigenvalue weighted by atomic mass is 32.2. The van der Waals surface area contributed by atoms with Crippen molar-refractivity contribution >= 4 is 21.7 Å². The molecule has 0 spiro atoms. The SMILES string of the molecule is Cc1cccc(C(=O)NCc2ccc(S(=O)(=O)CCOC(=O)c3cccc(C)c3)cc2)c1. The number of ether oxygens (including phenoxy) is 1. The Hall–Kier alpha value is -3.45. The van der Waals surface area contributed by atoms with Gasteiger partial charge in [0.05, 0.1) is 16.2 Å². The Morgan fingerprint density at radius 2 is 1.44 bits per heavy atom. The van der Waals surface area contributed by atoms with Crippen LogP contribution in [-0.2, 0) is 21.1 Å². The molecule has 0 fully saturated rings. The highest BCUT2D eigenvalue weighted by Gasteiger charge is 2.16. The number of sulfone groups is 1. The van der Waals surface area contributed by atoms with Gasteiger partial charge in [-0.3, -0.25) is 4.79 Å². The Morgan fingerprint density at radius 1 is 0.844 bits per heavy atom. The summed E-state index contributed by atoms with van der Waals surface area (Å²) >= 11 is 0. The van der Waals surface area contributed by atoms with Crippen LogP contribution in [0.1, 0.15) is 37.4 Å². The third kappa shape index (κ3) is 6.28. The van der Waals surface area contributed by atoms with Crippen molar-refractivity contribution in [3.63, 3.8) is 0 Å². The van der Waals surface area contributed by atoms with E-state index < -0.39 is 15.8 Å². The zero-order chi connectivity index (χ0) is 23.1. The number of aryl methyl sites for hydroxylation is 2. The summed E-state index contributed by atoms with van der Waals surface area (Å²) in [7, 11) is -3.61. The summed E-state index contributed by atoms with van der Waals surface area (Å²) in [4.78, 5) is 24.4. The number of nitrogens with one attached hydrogen (secondary N) is 1. The molecule has 6 nitrogen and oxygen atoms in total. The molecule has 0 radical (unpaired) electrons. The molecule has 7 heteroatoms. The minimum Gasteiger partial charge on any atom is -0.461 e. The maximum Gasteiger partial charge on any atom is 0.338 e. The van der Waals surface area contributed by atoms with Crippen molar-refractivity contribution in [2.75, 3.05) is 12.4 Å². The van der Waals surface area contributed by atoms with Crippen molar-refractivity contribution in [2.45, 2.75) is 25.3 Å². The third-order valence-corrected chi connectivity index (χ3v) is 6.55. The lowest BCUT2D eigenvalue weighted by molar-refractivity contribution is 0.0529. The van der Waals surface area contributed by atoms with Gasteiger partial charge in [-0.15, -0.1) is 0 Å². The number of rotatable bonds is 8. The van der Waals surface area contributed by atoms with Crippen LogP contribution in [0, 0.1) is 13.8 Å². The molecule has 166 valence electrons. The molecule has 0 saturated carbocycles. The highest BCUT2D eigenvalue weighted by Crippen LogP contribution is 2.14. The number of esters is 1. The standard InChI is InChI=1S/C25H25NO5S/c1-18-5-3-7-21(15-18)24(27)26-17-20-9-11-23(12-10-20)32(29,30)14-13-31-25(28)22-8-4-6-19(2)16-22/h3-12,15-16H,13-14,17H2,1-2H3,(H,26,27). The van der Waals surface area contributed by atoms with Gasteiger partial charge < -0.3 is 10.1 Å². The van der Waals surface area contributed by atoms with E-state index in [0.717, 1.165) is 16.7 Å². The smallest absolute Gasteiger partial charge is 0.338 e. The van der Waals surface area contributed by atoms with Crippen LogP contribution >= 0.6 is 0 Å². The molecule has 3 aromatic carbocycles. The van der Waals surface area contributed by atoms with Gasteiger partial charge in [0.15, 0.2) is 9.84 Å². The van der Waals surface area contributed by atoms with Gasteiger partial charge in [-0.2, -0.15) is 0 Å². The molecule has 0 aromatic heterocycles. The molecular formula is C25H25NO5S. The largest absolute Gasteiger partial charge is 0.461 e. The molecule has 0 saturated heterocycles. The van der Waals surface area contributed by atoms with Crippen molar-refractivity contribution in [1.29, 1.82) is 0 Å². The van der Waals surface area contributed by atoms with Crippen LogP contribution in [0.25, 0.3) is 0 Å². The average molecular weight is 452 g/mol. The van der Waals surface area contributed by atoms with Crippen LogP contribution in [0.15, 0.2) is 77.7 Å². The lowest BCUT2D eigenvalue weighted by Gasteiger charge is -2.09. The molecule has 0 heterocycles. The maximum absolute atomic E-state index is 12.5. The van der Waals surface area contributed by atoms with Crippen molar-refractivity contribution in [3.05, 3.63) is 101 Å². The lowest BCUT2D eigenvalue weighted by Crippen LogP contribution is -2.22. The van der Waals surface area contributed by atoms with Gasteiger partial charge in [-0.05, 0) is 55.8 Å². The second-order valence-corrected chi connectivity index (χ2v) is 9.63. The third-order valence-electron chi connectivity index (χ3n) is 4.85. The first-order chi connectivity index (χ1) is 15.2. The van der Waals surface area contributed by atoms with Crippen LogP contribution in [0.5, 0.6) is 0 Å². The number of amides is 1. The number of carbonyl (C=O) groups is 2. The van der Waals surface area contributed by atoms with E-state index in [9.17, 15) is 18.0 Å². The molecule has 32 heavy (non-hydrogen) atoms. The minimum absolute atomic E-state index is 0.137. The topological polar surface area (TPSA) is 89.5 Å². The summed E-state index contributed by atoms with van der Waals surface area (Å²) in [5.74, 6) is -1.06. The monoisotopic (exact) mass is 451 g/mol. The Balaban J connectivity index is 1.52. The first-order valence-electron chi connectivity index (χ1n) is 10.1. The van der Waals surface area contributed by atoms with E-state index >= 15 is 0 Å². The molecular weight excluding hydrogens is 426 g/mol. The number of benzene rings is 3. The van der Waals surface area contributed by atoms with Gasteiger partial charge in [0.25, 0.3) is 5.91 Å². The van der Waals surface area contributed by atoms with E-state index in [4.69, 9.17) is 4.74 Å². The first-order valence-corrected chi connectivity index (χ1v) is 11.8. The van der Waals surface area contributed by atoms with Crippen LogP contribution < -0.4 is 5.32 Å². The summed E-state index contributed by atoms with van der Waals surface area (Å²) < 4.78 is 30.2. The van der Waals surface area contributed by atoms with E-state index in [1.807, 2.05) is 32.0 Å². The summed E-state index contributed by atoms with van der Waals surface area (Å²) in [6.07, 6.45) is 0. The van der Waals surface area contributed by atoms with Crippen LogP contribution in [0.4, 0.5) is 0 Å². The predicted molar refractivity (Wildman–Crippen MR) is 122 cm³/mol. The molecule has 0 aliphatic heterocycles. The molecule has 0 aliphatic carbocycles. The predicted octanol–water partition coefficient (Wildman–Crippen LogP) is 3.86. The molecule has 0 bridgehead atoms. The van der Waals surface area contributed by atoms with E-state index in [0.29, 0.717) is 11.1 Å². The quantitative estimate of drug-likeness (QED) is 0.525. The van der Waals surface area contributed by atoms with E-state index in [-0.39, 0.29) is 29.7 Å². The Labute approximate surface area is 188 Å². The van der Waals surface area contributed by atoms with Crippen LogP contribution in [0.3, 0.4) is 0 Å². The fraction of sp³-hybridized carbons (Fsp3) is 0.200. The van der Waals surface area contributed by atoms with E-state index in [1.165, 1.54) is 12.1 Å². The molecule has 1 N–H and O–H groups in total. The maximum atomic E-state index is 12.5. The van der Waals surface area contributed by atoms with Gasteiger partial charge in [0, 0.05) is 12.1 Å². The van der Waals surface area contributed by atoms with Crippen molar-refractivity contribution < 1.29 is 22.7 Å². The minimum atomic E-state index is -3.61. The fourth-order valence-corrected chi connectivity index (χ4v) is 4.19. The average Bonchev–Trinajstić information content (AvgIpc) is 2.77. The van der Waals surface area contributed by atoms with E-state index in [1.54, 1.807) is 42.5 Å². The van der Waals surface area contributed by atoms with Crippen molar-refractivity contribution in [3.8, 4) is 0 Å². The molecule has 0 aliphatic rings. The van der Waals surface area contributed by atoms with Gasteiger partial charge in [0.2, 0.25) is 0 Å². The summed E-state index contributed by atoms with van der Waals surface area (Å²) in [5.41, 5.74) is 3.65. The fourth-order valence-electron chi connectivity index (χ4n) is 3.10. The lowest BCUT2D eigenvalue weighted by atomic mass is 10.1. The summed E-state index contributed by atoms with van der Waals surface area (Å²) in [6, 6.07) is 20.5. The number of hydrogen-bond acceptors (Lipinski definition) is 5. The molecule has 0 unspecified atom stereocenters. The highest BCUT2D eigenvalue weighted by molar-refractivity contribution is 7.91. The van der Waals surface area contributed by atoms with Crippen molar-refractivity contribution in [1.82, 2.24) is 5.32 Å². The van der Waals surface area contributed by atoms with Gasteiger partial charge >= 0.3 is 5.97 Å². The normalized spacial score (nSPS) is 11.1. The molecule has 3 aromatic rings. The van der Waals surface area contributed by atoms with Gasteiger partial charge in [0.1, 0.15) is 6.61 Å². The zero-order valence-corrected chi connectivity index (χ0v) is 18.8. The second kappa shape index (κ2) is 10.2.